The fourth-order valence-electron chi connectivity index (χ4n) is 4.66. The van der Waals surface area contributed by atoms with E-state index in [4.69, 9.17) is 22.1 Å². The first-order valence-corrected chi connectivity index (χ1v) is 13.5. The largest absolute Gasteiger partial charge is 0.494 e. The Morgan fingerprint density at radius 2 is 1.91 bits per heavy atom. The summed E-state index contributed by atoms with van der Waals surface area (Å²) in [5, 5.41) is 4.92. The number of thioether (sulfide) groups is 1. The van der Waals surface area contributed by atoms with Gasteiger partial charge in [0.05, 0.1) is 17.2 Å². The van der Waals surface area contributed by atoms with Crippen molar-refractivity contribution < 1.29 is 9.53 Å². The van der Waals surface area contributed by atoms with E-state index >= 15 is 0 Å². The van der Waals surface area contributed by atoms with Crippen molar-refractivity contribution in [1.82, 2.24) is 14.7 Å². The molecular formula is C28H29N3O2S2. The van der Waals surface area contributed by atoms with E-state index < -0.39 is 0 Å². The maximum atomic E-state index is 13.4. The molecule has 35 heavy (non-hydrogen) atoms. The monoisotopic (exact) mass is 503 g/mol. The predicted octanol–water partition coefficient (Wildman–Crippen LogP) is 6.86. The molecule has 0 unspecified atom stereocenters. The quantitative estimate of drug-likeness (QED) is 0.260. The van der Waals surface area contributed by atoms with E-state index in [2.05, 4.69) is 6.92 Å². The Bertz CT molecular complexity index is 1250. The molecule has 1 saturated carbocycles. The van der Waals surface area contributed by atoms with Crippen LogP contribution in [0.2, 0.25) is 0 Å². The Kier molecular flexibility index (Phi) is 7.35. The minimum Gasteiger partial charge on any atom is -0.494 e. The van der Waals surface area contributed by atoms with E-state index in [0.29, 0.717) is 15.8 Å². The number of rotatable bonds is 7. The summed E-state index contributed by atoms with van der Waals surface area (Å²) in [7, 11) is 0. The molecule has 2 heterocycles. The summed E-state index contributed by atoms with van der Waals surface area (Å²) >= 11 is 7.05. The van der Waals surface area contributed by atoms with E-state index in [1.807, 2.05) is 76.5 Å². The first-order valence-electron chi connectivity index (χ1n) is 12.3. The molecule has 7 heteroatoms. The van der Waals surface area contributed by atoms with Gasteiger partial charge in [-0.15, -0.1) is 0 Å². The van der Waals surface area contributed by atoms with E-state index in [9.17, 15) is 4.79 Å². The van der Waals surface area contributed by atoms with Gasteiger partial charge in [0.15, 0.2) is 0 Å². The number of ether oxygens (including phenoxy) is 1. The summed E-state index contributed by atoms with van der Waals surface area (Å²) in [5.74, 6) is 0.832. The lowest BCUT2D eigenvalue weighted by molar-refractivity contribution is -0.124. The molecule has 5 rings (SSSR count). The Balaban J connectivity index is 1.53. The van der Waals surface area contributed by atoms with E-state index in [1.54, 1.807) is 0 Å². The zero-order valence-electron chi connectivity index (χ0n) is 19.9. The van der Waals surface area contributed by atoms with Gasteiger partial charge in [0.2, 0.25) is 0 Å². The lowest BCUT2D eigenvalue weighted by Crippen LogP contribution is -2.39. The molecule has 1 saturated heterocycles. The van der Waals surface area contributed by atoms with Gasteiger partial charge in [-0.05, 0) is 49.6 Å². The number of carbonyl (C=O) groups excluding carboxylic acids is 1. The van der Waals surface area contributed by atoms with Crippen molar-refractivity contribution in [1.29, 1.82) is 0 Å². The van der Waals surface area contributed by atoms with Crippen LogP contribution < -0.4 is 4.74 Å². The zero-order valence-corrected chi connectivity index (χ0v) is 21.5. The molecule has 0 atom stereocenters. The number of hydrogen-bond acceptors (Lipinski definition) is 5. The summed E-state index contributed by atoms with van der Waals surface area (Å²) in [6.45, 7) is 2.76. The third kappa shape index (κ3) is 5.21. The van der Waals surface area contributed by atoms with Crippen LogP contribution in [-0.4, -0.2) is 37.6 Å². The average Bonchev–Trinajstić information content (AvgIpc) is 3.44. The SMILES string of the molecule is CCCOc1cccc(-c2nn(-c3ccccc3)cc2C=C2SC(=S)N(C3CCCCC3)C2=O)c1. The van der Waals surface area contributed by atoms with Crippen LogP contribution in [0, 0.1) is 0 Å². The maximum Gasteiger partial charge on any atom is 0.266 e. The second-order valence-electron chi connectivity index (χ2n) is 8.93. The Morgan fingerprint density at radius 3 is 2.69 bits per heavy atom. The van der Waals surface area contributed by atoms with Crippen LogP contribution in [0.3, 0.4) is 0 Å². The second kappa shape index (κ2) is 10.8. The minimum absolute atomic E-state index is 0.0188. The fourth-order valence-corrected chi connectivity index (χ4v) is 6.05. The van der Waals surface area contributed by atoms with Gasteiger partial charge in [0.1, 0.15) is 15.8 Å². The van der Waals surface area contributed by atoms with Crippen molar-refractivity contribution in [3.05, 3.63) is 71.3 Å². The Hall–Kier alpha value is -2.90. The molecule has 1 aromatic heterocycles. The summed E-state index contributed by atoms with van der Waals surface area (Å²) in [6, 6.07) is 18.2. The molecule has 1 aliphatic carbocycles. The molecule has 2 fully saturated rings. The first kappa shape index (κ1) is 23.8. The molecule has 5 nitrogen and oxygen atoms in total. The van der Waals surface area contributed by atoms with Crippen LogP contribution >= 0.6 is 24.0 Å². The minimum atomic E-state index is 0.0188. The number of benzene rings is 2. The number of aromatic nitrogens is 2. The zero-order chi connectivity index (χ0) is 24.2. The van der Waals surface area contributed by atoms with Gasteiger partial charge >= 0.3 is 0 Å². The molecule has 1 aliphatic heterocycles. The highest BCUT2D eigenvalue weighted by molar-refractivity contribution is 8.26. The van der Waals surface area contributed by atoms with Gasteiger partial charge in [-0.3, -0.25) is 9.69 Å². The van der Waals surface area contributed by atoms with E-state index in [0.717, 1.165) is 60.4 Å². The van der Waals surface area contributed by atoms with Gasteiger partial charge in [0, 0.05) is 23.4 Å². The van der Waals surface area contributed by atoms with E-state index in [1.165, 1.54) is 18.2 Å². The van der Waals surface area contributed by atoms with Crippen LogP contribution in [0.1, 0.15) is 51.0 Å². The lowest BCUT2D eigenvalue weighted by Gasteiger charge is -2.29. The number of para-hydroxylation sites is 1. The molecule has 0 radical (unpaired) electrons. The van der Waals surface area contributed by atoms with Gasteiger partial charge in [0.25, 0.3) is 5.91 Å². The van der Waals surface area contributed by atoms with Crippen LogP contribution in [0.4, 0.5) is 0 Å². The molecule has 3 aromatic rings. The normalized spacial score (nSPS) is 18.0. The number of nitrogens with zero attached hydrogens (tertiary/aromatic N) is 3. The third-order valence-electron chi connectivity index (χ3n) is 6.39. The number of carbonyl (C=O) groups is 1. The molecule has 2 aromatic carbocycles. The maximum absolute atomic E-state index is 13.4. The van der Waals surface area contributed by atoms with Crippen LogP contribution in [0.5, 0.6) is 5.75 Å². The number of amides is 1. The van der Waals surface area contributed by atoms with Crippen molar-refractivity contribution in [3.8, 4) is 22.7 Å². The van der Waals surface area contributed by atoms with Crippen LogP contribution in [0.15, 0.2) is 65.7 Å². The summed E-state index contributed by atoms with van der Waals surface area (Å²) in [6.07, 6.45) is 10.5. The molecule has 1 amide bonds. The van der Waals surface area contributed by atoms with Crippen molar-refractivity contribution in [2.45, 2.75) is 51.5 Å². The van der Waals surface area contributed by atoms with E-state index in [-0.39, 0.29) is 11.9 Å². The van der Waals surface area contributed by atoms with Crippen LogP contribution in [0.25, 0.3) is 23.0 Å². The highest BCUT2D eigenvalue weighted by Gasteiger charge is 2.37. The molecule has 2 aliphatic rings. The highest BCUT2D eigenvalue weighted by atomic mass is 32.2. The lowest BCUT2D eigenvalue weighted by atomic mass is 9.94. The van der Waals surface area contributed by atoms with Crippen molar-refractivity contribution in [3.63, 3.8) is 0 Å². The number of hydrogen-bond donors (Lipinski definition) is 0. The molecule has 0 spiro atoms. The van der Waals surface area contributed by atoms with Gasteiger partial charge in [-0.1, -0.05) is 80.5 Å². The molecular weight excluding hydrogens is 474 g/mol. The fraction of sp³-hybridized carbons (Fsp3) is 0.321. The van der Waals surface area contributed by atoms with Crippen LogP contribution in [-0.2, 0) is 4.79 Å². The predicted molar refractivity (Wildman–Crippen MR) is 147 cm³/mol. The third-order valence-corrected chi connectivity index (χ3v) is 7.72. The standard InChI is InChI=1S/C28H29N3O2S2/c1-2-16-33-24-15-9-10-20(17-24)26-21(19-30(29-26)22-11-5-3-6-12-22)18-25-27(32)31(28(34)35-25)23-13-7-4-8-14-23/h3,5-6,9-12,15,17-19,23H,2,4,7-8,13-14,16H2,1H3. The topological polar surface area (TPSA) is 47.4 Å². The Morgan fingerprint density at radius 1 is 1.11 bits per heavy atom. The second-order valence-corrected chi connectivity index (χ2v) is 10.6. The average molecular weight is 504 g/mol. The van der Waals surface area contributed by atoms with Crippen molar-refractivity contribution in [2.75, 3.05) is 6.61 Å². The van der Waals surface area contributed by atoms with Gasteiger partial charge in [-0.2, -0.15) is 5.10 Å². The molecule has 0 N–H and O–H groups in total. The summed E-state index contributed by atoms with van der Waals surface area (Å²) in [5.41, 5.74) is 3.59. The number of thiocarbonyl (C=S) groups is 1. The highest BCUT2D eigenvalue weighted by Crippen LogP contribution is 2.38. The summed E-state index contributed by atoms with van der Waals surface area (Å²) in [4.78, 5) is 15.9. The molecule has 0 bridgehead atoms. The van der Waals surface area contributed by atoms with Crippen molar-refractivity contribution >= 4 is 40.3 Å². The molecule has 180 valence electrons. The smallest absolute Gasteiger partial charge is 0.266 e. The van der Waals surface area contributed by atoms with Gasteiger partial charge < -0.3 is 4.74 Å². The summed E-state index contributed by atoms with van der Waals surface area (Å²) < 4.78 is 8.39. The van der Waals surface area contributed by atoms with Crippen molar-refractivity contribution in [2.24, 2.45) is 0 Å². The first-order chi connectivity index (χ1) is 17.1. The Labute approximate surface area is 216 Å². The van der Waals surface area contributed by atoms with Gasteiger partial charge in [-0.25, -0.2) is 4.68 Å².